The fourth-order valence-electron chi connectivity index (χ4n) is 3.26. The number of aliphatic imine (C=N–C) groups is 1. The predicted molar refractivity (Wildman–Crippen MR) is 134 cm³/mol. The number of guanidine groups is 1. The van der Waals surface area contributed by atoms with Gasteiger partial charge < -0.3 is 20.4 Å². The maximum atomic E-state index is 12.3. The van der Waals surface area contributed by atoms with Gasteiger partial charge in [0.15, 0.2) is 5.96 Å². The number of nitrogens with one attached hydrogen (secondary N) is 2. The molecule has 1 fully saturated rings. The molecule has 1 amide bonds. The van der Waals surface area contributed by atoms with E-state index in [2.05, 4.69) is 30.4 Å². The van der Waals surface area contributed by atoms with Gasteiger partial charge in [-0.05, 0) is 36.8 Å². The van der Waals surface area contributed by atoms with Gasteiger partial charge in [0.05, 0.1) is 0 Å². The number of nitrogens with zero attached hydrogens (tertiary/aromatic N) is 4. The smallest absolute Gasteiger partial charge is 0.226 e. The maximum Gasteiger partial charge on any atom is 0.226 e. The highest BCUT2D eigenvalue weighted by Gasteiger charge is 2.20. The number of hydrogen-bond acceptors (Lipinski definition) is 4. The Bertz CT molecular complexity index is 856. The fourth-order valence-corrected chi connectivity index (χ4v) is 3.44. The van der Waals surface area contributed by atoms with Gasteiger partial charge in [0.25, 0.3) is 0 Å². The molecule has 0 radical (unpaired) electrons. The third kappa shape index (κ3) is 6.46. The quantitative estimate of drug-likeness (QED) is 0.344. The molecule has 30 heavy (non-hydrogen) atoms. The first-order valence-electron chi connectivity index (χ1n) is 9.75. The van der Waals surface area contributed by atoms with Crippen LogP contribution >= 0.6 is 35.6 Å². The summed E-state index contributed by atoms with van der Waals surface area (Å²) in [4.78, 5) is 25.5. The minimum atomic E-state index is -0.0571. The number of rotatable bonds is 5. The van der Waals surface area contributed by atoms with Gasteiger partial charge in [-0.15, -0.1) is 24.0 Å². The van der Waals surface area contributed by atoms with Crippen LogP contribution in [0.25, 0.3) is 0 Å². The van der Waals surface area contributed by atoms with Crippen LogP contribution in [-0.2, 0) is 4.79 Å². The summed E-state index contributed by atoms with van der Waals surface area (Å²) in [6, 6.07) is 11.5. The molecule has 0 atom stereocenters. The first-order valence-corrected chi connectivity index (χ1v) is 10.1. The van der Waals surface area contributed by atoms with E-state index < -0.39 is 0 Å². The van der Waals surface area contributed by atoms with Crippen LogP contribution in [-0.4, -0.2) is 61.5 Å². The van der Waals surface area contributed by atoms with Crippen molar-refractivity contribution >= 4 is 58.9 Å². The monoisotopic (exact) mass is 542 g/mol. The van der Waals surface area contributed by atoms with E-state index in [9.17, 15) is 4.79 Å². The van der Waals surface area contributed by atoms with Crippen molar-refractivity contribution < 1.29 is 4.79 Å². The number of piperazine rings is 1. The average Bonchev–Trinajstić information content (AvgIpc) is 2.75. The van der Waals surface area contributed by atoms with Crippen LogP contribution in [0.5, 0.6) is 0 Å². The number of amides is 1. The van der Waals surface area contributed by atoms with E-state index in [0.717, 1.165) is 49.2 Å². The average molecular weight is 543 g/mol. The van der Waals surface area contributed by atoms with Gasteiger partial charge in [0, 0.05) is 63.1 Å². The van der Waals surface area contributed by atoms with E-state index in [1.54, 1.807) is 7.05 Å². The molecule has 3 rings (SSSR count). The second kappa shape index (κ2) is 11.9. The molecule has 0 bridgehead atoms. The fraction of sp³-hybridized carbons (Fsp3) is 0.381. The highest BCUT2D eigenvalue weighted by atomic mass is 127. The van der Waals surface area contributed by atoms with Crippen LogP contribution in [0.2, 0.25) is 5.02 Å². The lowest BCUT2D eigenvalue weighted by Gasteiger charge is -2.37. The molecule has 0 aliphatic carbocycles. The largest absolute Gasteiger partial charge is 0.356 e. The lowest BCUT2D eigenvalue weighted by molar-refractivity contribution is -0.116. The molecule has 0 unspecified atom stereocenters. The van der Waals surface area contributed by atoms with Gasteiger partial charge in [-0.2, -0.15) is 0 Å². The third-order valence-corrected chi connectivity index (χ3v) is 5.35. The molecular weight excluding hydrogens is 515 g/mol. The van der Waals surface area contributed by atoms with Crippen molar-refractivity contribution in [2.45, 2.75) is 13.3 Å². The first kappa shape index (κ1) is 24.2. The summed E-state index contributed by atoms with van der Waals surface area (Å²) in [7, 11) is 1.77. The molecule has 1 aromatic carbocycles. The van der Waals surface area contributed by atoms with Crippen molar-refractivity contribution in [2.24, 2.45) is 4.99 Å². The first-order chi connectivity index (χ1) is 14.1. The van der Waals surface area contributed by atoms with Gasteiger partial charge >= 0.3 is 0 Å². The van der Waals surface area contributed by atoms with E-state index in [4.69, 9.17) is 11.6 Å². The van der Waals surface area contributed by atoms with Crippen LogP contribution < -0.4 is 15.5 Å². The van der Waals surface area contributed by atoms with Crippen molar-refractivity contribution in [3.05, 3.63) is 53.2 Å². The van der Waals surface area contributed by atoms with Gasteiger partial charge in [-0.25, -0.2) is 4.98 Å². The Labute approximate surface area is 199 Å². The Balaban J connectivity index is 0.00000320. The molecule has 162 valence electrons. The van der Waals surface area contributed by atoms with Crippen LogP contribution in [0.15, 0.2) is 47.6 Å². The lowest BCUT2D eigenvalue weighted by Crippen LogP contribution is -2.53. The molecule has 2 N–H and O–H groups in total. The Kier molecular flexibility index (Phi) is 9.64. The third-order valence-electron chi connectivity index (χ3n) is 4.94. The summed E-state index contributed by atoms with van der Waals surface area (Å²) in [5, 5.41) is 6.85. The summed E-state index contributed by atoms with van der Waals surface area (Å²) < 4.78 is 0. The number of anilines is 2. The van der Waals surface area contributed by atoms with E-state index in [0.29, 0.717) is 18.0 Å². The van der Waals surface area contributed by atoms with Crippen LogP contribution in [0.3, 0.4) is 0 Å². The maximum absolute atomic E-state index is 12.3. The summed E-state index contributed by atoms with van der Waals surface area (Å²) in [5.74, 6) is 1.76. The lowest BCUT2D eigenvalue weighted by atomic mass is 10.2. The molecule has 1 aliphatic rings. The molecule has 2 heterocycles. The summed E-state index contributed by atoms with van der Waals surface area (Å²) in [6.07, 6.45) is 2.16. The Morgan fingerprint density at radius 2 is 1.93 bits per heavy atom. The highest BCUT2D eigenvalue weighted by Crippen LogP contribution is 2.22. The number of halogens is 2. The SMILES string of the molecule is CN=C(NCCC(=O)Nc1cccc(Cl)c1C)N1CCN(c2ccccn2)CC1.I. The Hall–Kier alpha value is -2.07. The number of hydrogen-bond donors (Lipinski definition) is 2. The van der Waals surface area contributed by atoms with E-state index in [-0.39, 0.29) is 29.9 Å². The summed E-state index contributed by atoms with van der Waals surface area (Å²) in [5.41, 5.74) is 1.62. The Morgan fingerprint density at radius 3 is 2.60 bits per heavy atom. The predicted octanol–water partition coefficient (Wildman–Crippen LogP) is 3.39. The van der Waals surface area contributed by atoms with Crippen LogP contribution in [0, 0.1) is 6.92 Å². The molecule has 0 saturated carbocycles. The topological polar surface area (TPSA) is 72.9 Å². The van der Waals surface area contributed by atoms with Gasteiger partial charge in [0.1, 0.15) is 5.82 Å². The molecule has 2 aromatic rings. The standard InChI is InChI=1S/C21H27ClN6O.HI/c1-16-17(22)6-5-7-18(16)26-20(29)9-11-25-21(23-2)28-14-12-27(13-15-28)19-8-3-4-10-24-19;/h3-8,10H,9,11-15H2,1-2H3,(H,23,25)(H,26,29);1H. The zero-order chi connectivity index (χ0) is 20.6. The minimum Gasteiger partial charge on any atom is -0.356 e. The number of carbonyl (C=O) groups excluding carboxylic acids is 1. The second-order valence-electron chi connectivity index (χ2n) is 6.85. The van der Waals surface area contributed by atoms with Crippen LogP contribution in [0.4, 0.5) is 11.5 Å². The van der Waals surface area contributed by atoms with E-state index >= 15 is 0 Å². The molecule has 7 nitrogen and oxygen atoms in total. The van der Waals surface area contributed by atoms with Gasteiger partial charge in [-0.1, -0.05) is 23.7 Å². The second-order valence-corrected chi connectivity index (χ2v) is 7.25. The van der Waals surface area contributed by atoms with Crippen molar-refractivity contribution in [3.63, 3.8) is 0 Å². The number of pyridine rings is 1. The zero-order valence-corrected chi connectivity index (χ0v) is 20.4. The van der Waals surface area contributed by atoms with Gasteiger partial charge in [0.2, 0.25) is 5.91 Å². The van der Waals surface area contributed by atoms with Crippen molar-refractivity contribution in [2.75, 3.05) is 50.0 Å². The molecule has 1 aliphatic heterocycles. The highest BCUT2D eigenvalue weighted by molar-refractivity contribution is 14.0. The zero-order valence-electron chi connectivity index (χ0n) is 17.3. The molecule has 0 spiro atoms. The number of benzene rings is 1. The number of aromatic nitrogens is 1. The van der Waals surface area contributed by atoms with E-state index in [1.807, 2.05) is 49.5 Å². The van der Waals surface area contributed by atoms with Crippen molar-refractivity contribution in [1.82, 2.24) is 15.2 Å². The van der Waals surface area contributed by atoms with Crippen LogP contribution in [0.1, 0.15) is 12.0 Å². The normalized spacial score (nSPS) is 14.2. The summed E-state index contributed by atoms with van der Waals surface area (Å²) >= 11 is 6.11. The number of carbonyl (C=O) groups is 1. The molecule has 9 heteroatoms. The minimum absolute atomic E-state index is 0. The molecule has 1 saturated heterocycles. The van der Waals surface area contributed by atoms with Gasteiger partial charge in [-0.3, -0.25) is 9.79 Å². The van der Waals surface area contributed by atoms with Crippen molar-refractivity contribution in [1.29, 1.82) is 0 Å². The molecular formula is C21H28ClIN6O. The van der Waals surface area contributed by atoms with E-state index in [1.165, 1.54) is 0 Å². The Morgan fingerprint density at radius 1 is 1.17 bits per heavy atom. The van der Waals surface area contributed by atoms with Crippen molar-refractivity contribution in [3.8, 4) is 0 Å². The molecule has 1 aromatic heterocycles. The summed E-state index contributed by atoms with van der Waals surface area (Å²) in [6.45, 7) is 5.87.